The molecule has 0 aromatic heterocycles. The predicted octanol–water partition coefficient (Wildman–Crippen LogP) is -1.33. The molecule has 0 aromatic rings. The van der Waals surface area contributed by atoms with Crippen LogP contribution in [0.4, 0.5) is 0 Å². The molecule has 5 atom stereocenters. The average Bonchev–Trinajstić information content (AvgIpc) is 2.27. The van der Waals surface area contributed by atoms with Gasteiger partial charge >= 0.3 is 5.97 Å². The molecule has 1 fully saturated rings. The lowest BCUT2D eigenvalue weighted by atomic mass is 9.97. The number of aliphatic hydroxyl groups is 3. The summed E-state index contributed by atoms with van der Waals surface area (Å²) in [4.78, 5) is 13.3. The van der Waals surface area contributed by atoms with E-state index in [0.717, 1.165) is 6.92 Å². The first-order valence-electron chi connectivity index (χ1n) is 4.85. The molecule has 0 saturated carbocycles. The van der Waals surface area contributed by atoms with Crippen LogP contribution < -0.4 is 0 Å². The second-order valence-electron chi connectivity index (χ2n) is 3.51. The van der Waals surface area contributed by atoms with Crippen molar-refractivity contribution in [3.63, 3.8) is 0 Å². The third-order valence-electron chi connectivity index (χ3n) is 2.33. The van der Waals surface area contributed by atoms with E-state index < -0.39 is 43.2 Å². The summed E-state index contributed by atoms with van der Waals surface area (Å²) in [7, 11) is 0. The highest BCUT2D eigenvalue weighted by Crippen LogP contribution is 2.24. The molecule has 0 amide bonds. The molecule has 0 radical (unpaired) electrons. The van der Waals surface area contributed by atoms with E-state index in [0.29, 0.717) is 0 Å². The average molecular weight is 247 g/mol. The Kier molecular flexibility index (Phi) is 4.67. The smallest absolute Gasteiger partial charge is 0.303 e. The lowest BCUT2D eigenvalue weighted by Gasteiger charge is -2.39. The monoisotopic (exact) mass is 247 g/mol. The Morgan fingerprint density at radius 2 is 2.24 bits per heavy atom. The number of hydrogen-bond acceptors (Lipinski definition) is 7. The van der Waals surface area contributed by atoms with E-state index in [1.165, 1.54) is 0 Å². The molecule has 0 aromatic carbocycles. The zero-order valence-corrected chi connectivity index (χ0v) is 9.00. The molecule has 1 rings (SSSR count). The van der Waals surface area contributed by atoms with Crippen LogP contribution in [0.2, 0.25) is 0 Å². The molecule has 9 heteroatoms. The van der Waals surface area contributed by atoms with Crippen molar-refractivity contribution in [2.75, 3.05) is 6.61 Å². The van der Waals surface area contributed by atoms with Crippen LogP contribution in [0.1, 0.15) is 6.92 Å². The fourth-order valence-electron chi connectivity index (χ4n) is 1.58. The number of esters is 1. The summed E-state index contributed by atoms with van der Waals surface area (Å²) in [6, 6.07) is -1.26. The molecular weight excluding hydrogens is 234 g/mol. The second kappa shape index (κ2) is 5.80. The van der Waals surface area contributed by atoms with E-state index in [4.69, 9.17) is 20.1 Å². The van der Waals surface area contributed by atoms with Crippen molar-refractivity contribution in [1.82, 2.24) is 0 Å². The number of rotatable bonds is 3. The van der Waals surface area contributed by atoms with Crippen LogP contribution in [-0.2, 0) is 14.3 Å². The van der Waals surface area contributed by atoms with Crippen LogP contribution in [0.25, 0.3) is 10.4 Å². The lowest BCUT2D eigenvalue weighted by Crippen LogP contribution is -2.59. The van der Waals surface area contributed by atoms with Crippen molar-refractivity contribution in [3.8, 4) is 0 Å². The molecule has 96 valence electrons. The fourth-order valence-corrected chi connectivity index (χ4v) is 1.58. The van der Waals surface area contributed by atoms with Crippen molar-refractivity contribution >= 4 is 5.97 Å². The minimum Gasteiger partial charge on any atom is -0.459 e. The van der Waals surface area contributed by atoms with Gasteiger partial charge in [0.15, 0.2) is 6.29 Å². The largest absolute Gasteiger partial charge is 0.459 e. The Morgan fingerprint density at radius 3 is 2.71 bits per heavy atom. The molecule has 1 heterocycles. The van der Waals surface area contributed by atoms with Gasteiger partial charge in [-0.2, -0.15) is 0 Å². The summed E-state index contributed by atoms with van der Waals surface area (Å²) >= 11 is 0. The molecule has 9 nitrogen and oxygen atoms in total. The minimum atomic E-state index is -1.56. The molecule has 1 saturated heterocycles. The maximum absolute atomic E-state index is 10.9. The molecular formula is C8H13N3O6. The normalized spacial score (nSPS) is 37.1. The third-order valence-corrected chi connectivity index (χ3v) is 2.33. The second-order valence-corrected chi connectivity index (χ2v) is 3.51. The number of carbonyl (C=O) groups excluding carboxylic acids is 1. The van der Waals surface area contributed by atoms with Crippen LogP contribution in [0.3, 0.4) is 0 Å². The Hall–Kier alpha value is -1.38. The van der Waals surface area contributed by atoms with Gasteiger partial charge in [0.2, 0.25) is 0 Å². The van der Waals surface area contributed by atoms with E-state index in [1.807, 2.05) is 0 Å². The van der Waals surface area contributed by atoms with Gasteiger partial charge in [-0.1, -0.05) is 5.11 Å². The Labute approximate surface area is 96.2 Å². The van der Waals surface area contributed by atoms with Gasteiger partial charge in [-0.3, -0.25) is 4.79 Å². The minimum absolute atomic E-state index is 0.570. The number of carbonyl (C=O) groups is 1. The Bertz CT molecular complexity index is 331. The first-order chi connectivity index (χ1) is 8.01. The molecule has 0 unspecified atom stereocenters. The number of nitrogens with zero attached hydrogens (tertiary/aromatic N) is 3. The van der Waals surface area contributed by atoms with Crippen LogP contribution in [0.5, 0.6) is 0 Å². The lowest BCUT2D eigenvalue weighted by molar-refractivity contribution is -0.253. The number of aliphatic hydroxyl groups excluding tert-OH is 3. The van der Waals surface area contributed by atoms with Crippen molar-refractivity contribution in [1.29, 1.82) is 0 Å². The van der Waals surface area contributed by atoms with Gasteiger partial charge in [0.25, 0.3) is 0 Å². The first-order valence-corrected chi connectivity index (χ1v) is 4.85. The predicted molar refractivity (Wildman–Crippen MR) is 52.5 cm³/mol. The van der Waals surface area contributed by atoms with Gasteiger partial charge in [0.05, 0.1) is 6.61 Å². The zero-order valence-electron chi connectivity index (χ0n) is 9.00. The molecule has 0 aliphatic carbocycles. The summed E-state index contributed by atoms with van der Waals surface area (Å²) in [6.45, 7) is 0.536. The Morgan fingerprint density at radius 1 is 1.59 bits per heavy atom. The van der Waals surface area contributed by atoms with Crippen LogP contribution in [-0.4, -0.2) is 58.5 Å². The van der Waals surface area contributed by atoms with Crippen LogP contribution in [0.15, 0.2) is 5.11 Å². The van der Waals surface area contributed by atoms with E-state index in [2.05, 4.69) is 10.0 Å². The highest BCUT2D eigenvalue weighted by Gasteiger charge is 2.46. The van der Waals surface area contributed by atoms with E-state index >= 15 is 0 Å². The molecule has 0 bridgehead atoms. The van der Waals surface area contributed by atoms with Gasteiger partial charge in [-0.05, 0) is 5.53 Å². The summed E-state index contributed by atoms with van der Waals surface area (Å²) < 4.78 is 9.59. The zero-order chi connectivity index (χ0) is 13.0. The summed E-state index contributed by atoms with van der Waals surface area (Å²) in [5.74, 6) is -0.710. The molecule has 17 heavy (non-hydrogen) atoms. The van der Waals surface area contributed by atoms with E-state index in [9.17, 15) is 15.0 Å². The molecule has 3 N–H and O–H groups in total. The molecule has 1 aliphatic rings. The summed E-state index contributed by atoms with van der Waals surface area (Å²) in [6.07, 6.45) is -5.32. The number of hydrogen-bond donors (Lipinski definition) is 3. The van der Waals surface area contributed by atoms with E-state index in [-0.39, 0.29) is 0 Å². The van der Waals surface area contributed by atoms with Crippen molar-refractivity contribution < 1.29 is 29.6 Å². The quantitative estimate of drug-likeness (QED) is 0.244. The molecule has 1 aliphatic heterocycles. The third kappa shape index (κ3) is 3.05. The highest BCUT2D eigenvalue weighted by molar-refractivity contribution is 5.66. The highest BCUT2D eigenvalue weighted by atomic mass is 16.6. The van der Waals surface area contributed by atoms with Gasteiger partial charge < -0.3 is 24.8 Å². The summed E-state index contributed by atoms with van der Waals surface area (Å²) in [5, 5.41) is 31.4. The van der Waals surface area contributed by atoms with Crippen molar-refractivity contribution in [3.05, 3.63) is 10.4 Å². The maximum Gasteiger partial charge on any atom is 0.303 e. The Balaban J connectivity index is 2.94. The maximum atomic E-state index is 10.9. The number of ether oxygens (including phenoxy) is 2. The van der Waals surface area contributed by atoms with Gasteiger partial charge in [-0.15, -0.1) is 0 Å². The van der Waals surface area contributed by atoms with Crippen molar-refractivity contribution in [2.24, 2.45) is 5.11 Å². The fraction of sp³-hybridized carbons (Fsp3) is 0.875. The SMILES string of the molecule is CC(=O)O[C@H]1[C@H](O)[C@@H](CO)O[C@@H](O)[C@@H]1N=[N+]=[N-]. The number of azide groups is 1. The van der Waals surface area contributed by atoms with Crippen molar-refractivity contribution in [2.45, 2.75) is 37.6 Å². The van der Waals surface area contributed by atoms with Crippen LogP contribution >= 0.6 is 0 Å². The van der Waals surface area contributed by atoms with Crippen LogP contribution in [0, 0.1) is 0 Å². The topological polar surface area (TPSA) is 145 Å². The van der Waals surface area contributed by atoms with E-state index in [1.54, 1.807) is 0 Å². The van der Waals surface area contributed by atoms with Gasteiger partial charge in [-0.25, -0.2) is 0 Å². The standard InChI is InChI=1S/C8H13N3O6/c1-3(13)16-7-5(10-11-9)8(15)17-4(2-12)6(7)14/h4-8,12,14-15H,2H2,1H3/t4-,5-,6-,7-,8-/m1/s1. The molecule has 0 spiro atoms. The van der Waals surface area contributed by atoms with Gasteiger partial charge in [0, 0.05) is 11.8 Å². The first kappa shape index (κ1) is 13.7. The summed E-state index contributed by atoms with van der Waals surface area (Å²) in [5.41, 5.74) is 8.32. The van der Waals surface area contributed by atoms with Gasteiger partial charge in [0.1, 0.15) is 24.4 Å².